The van der Waals surface area contributed by atoms with Crippen LogP contribution in [0.5, 0.6) is 0 Å². The van der Waals surface area contributed by atoms with E-state index >= 15 is 0 Å². The molecule has 0 bridgehead atoms. The molecule has 2 heterocycles. The van der Waals surface area contributed by atoms with E-state index in [0.717, 1.165) is 34.6 Å². The minimum Gasteiger partial charge on any atom is -0.370 e. The summed E-state index contributed by atoms with van der Waals surface area (Å²) in [4.78, 5) is 13.5. The molecule has 4 nitrogen and oxygen atoms in total. The van der Waals surface area contributed by atoms with Crippen molar-refractivity contribution in [2.45, 2.75) is 59.3 Å². The van der Waals surface area contributed by atoms with Crippen LogP contribution in [0.2, 0.25) is 0 Å². The van der Waals surface area contributed by atoms with Gasteiger partial charge in [0.25, 0.3) is 0 Å². The number of thiazole rings is 1. The van der Waals surface area contributed by atoms with E-state index in [0.29, 0.717) is 0 Å². The van der Waals surface area contributed by atoms with Gasteiger partial charge < -0.3 is 5.32 Å². The van der Waals surface area contributed by atoms with E-state index in [1.807, 2.05) is 25.3 Å². The van der Waals surface area contributed by atoms with Gasteiger partial charge in [-0.1, -0.05) is 39.0 Å². The van der Waals surface area contributed by atoms with Crippen molar-refractivity contribution in [3.63, 3.8) is 0 Å². The Balaban J connectivity index is 1.85. The number of aryl methyl sites for hydroxylation is 2. The highest BCUT2D eigenvalue weighted by atomic mass is 32.1. The van der Waals surface area contributed by atoms with Crippen LogP contribution in [0.4, 0.5) is 5.82 Å². The Morgan fingerprint density at radius 2 is 1.77 bits per heavy atom. The van der Waals surface area contributed by atoms with Gasteiger partial charge in [0.15, 0.2) is 5.82 Å². The summed E-state index contributed by atoms with van der Waals surface area (Å²) in [5, 5.41) is 6.48. The van der Waals surface area contributed by atoms with Crippen molar-refractivity contribution in [3.8, 4) is 11.5 Å². The van der Waals surface area contributed by atoms with Crippen LogP contribution in [0, 0.1) is 13.8 Å². The predicted octanol–water partition coefficient (Wildman–Crippen LogP) is 4.99. The van der Waals surface area contributed by atoms with Crippen molar-refractivity contribution in [2.75, 3.05) is 11.9 Å². The fourth-order valence-electron chi connectivity index (χ4n) is 2.36. The third-order valence-corrected chi connectivity index (χ3v) is 4.31. The topological polar surface area (TPSA) is 50.7 Å². The molecule has 0 saturated carbocycles. The zero-order valence-electron chi connectivity index (χ0n) is 13.9. The smallest absolute Gasteiger partial charge is 0.181 e. The highest BCUT2D eigenvalue weighted by Gasteiger charge is 2.08. The Hall–Kier alpha value is -1.49. The number of unbranched alkanes of at least 4 members (excludes halogenated alkanes) is 5. The average Bonchev–Trinajstić information content (AvgIpc) is 2.92. The van der Waals surface area contributed by atoms with E-state index < -0.39 is 0 Å². The van der Waals surface area contributed by atoms with Gasteiger partial charge in [0, 0.05) is 23.7 Å². The predicted molar refractivity (Wildman–Crippen MR) is 94.5 cm³/mol. The molecule has 22 heavy (non-hydrogen) atoms. The molecule has 0 radical (unpaired) electrons. The molecule has 120 valence electrons. The molecule has 1 N–H and O–H groups in total. The minimum atomic E-state index is 0.717. The third-order valence-electron chi connectivity index (χ3n) is 3.54. The summed E-state index contributed by atoms with van der Waals surface area (Å²) in [5.74, 6) is 1.62. The molecule has 0 aliphatic heterocycles. The number of aromatic nitrogens is 3. The minimum absolute atomic E-state index is 0.717. The van der Waals surface area contributed by atoms with Gasteiger partial charge in [-0.25, -0.2) is 15.0 Å². The summed E-state index contributed by atoms with van der Waals surface area (Å²) in [6.07, 6.45) is 7.83. The molecule has 2 aromatic heterocycles. The first-order chi connectivity index (χ1) is 10.7. The van der Waals surface area contributed by atoms with Crippen molar-refractivity contribution in [1.29, 1.82) is 0 Å². The summed E-state index contributed by atoms with van der Waals surface area (Å²) in [7, 11) is 0. The maximum Gasteiger partial charge on any atom is 0.181 e. The molecule has 2 aromatic rings. The summed E-state index contributed by atoms with van der Waals surface area (Å²) in [5.41, 5.74) is 1.84. The van der Waals surface area contributed by atoms with Gasteiger partial charge in [-0.15, -0.1) is 11.3 Å². The van der Waals surface area contributed by atoms with Gasteiger partial charge in [-0.2, -0.15) is 0 Å². The number of hydrogen-bond donors (Lipinski definition) is 1. The quantitative estimate of drug-likeness (QED) is 0.662. The average molecular weight is 318 g/mol. The number of nitrogens with one attached hydrogen (secondary N) is 1. The highest BCUT2D eigenvalue weighted by molar-refractivity contribution is 7.09. The lowest BCUT2D eigenvalue weighted by atomic mass is 10.1. The molecule has 0 spiro atoms. The van der Waals surface area contributed by atoms with Crippen molar-refractivity contribution in [3.05, 3.63) is 22.1 Å². The van der Waals surface area contributed by atoms with Crippen molar-refractivity contribution >= 4 is 17.2 Å². The summed E-state index contributed by atoms with van der Waals surface area (Å²) in [6.45, 7) is 7.22. The number of rotatable bonds is 9. The first-order valence-corrected chi connectivity index (χ1v) is 9.09. The van der Waals surface area contributed by atoms with Gasteiger partial charge in [-0.05, 0) is 20.3 Å². The largest absolute Gasteiger partial charge is 0.370 e. The van der Waals surface area contributed by atoms with E-state index in [9.17, 15) is 0 Å². The highest BCUT2D eigenvalue weighted by Crippen LogP contribution is 2.20. The van der Waals surface area contributed by atoms with Gasteiger partial charge in [-0.3, -0.25) is 0 Å². The van der Waals surface area contributed by atoms with E-state index in [1.165, 1.54) is 38.5 Å². The lowest BCUT2D eigenvalue weighted by molar-refractivity contribution is 0.617. The molecule has 0 aromatic carbocycles. The summed E-state index contributed by atoms with van der Waals surface area (Å²) in [6, 6.07) is 2.00. The van der Waals surface area contributed by atoms with Crippen LogP contribution in [0.15, 0.2) is 11.4 Å². The van der Waals surface area contributed by atoms with Gasteiger partial charge in [0.05, 0.1) is 5.01 Å². The van der Waals surface area contributed by atoms with E-state index in [-0.39, 0.29) is 0 Å². The maximum atomic E-state index is 4.59. The lowest BCUT2D eigenvalue weighted by Gasteiger charge is -2.07. The summed E-state index contributed by atoms with van der Waals surface area (Å²) < 4.78 is 0. The van der Waals surface area contributed by atoms with Crippen LogP contribution in [0.1, 0.15) is 56.2 Å². The molecular formula is C17H26N4S. The first-order valence-electron chi connectivity index (χ1n) is 8.21. The van der Waals surface area contributed by atoms with Crippen LogP contribution in [0.3, 0.4) is 0 Å². The second kappa shape index (κ2) is 8.83. The van der Waals surface area contributed by atoms with Crippen LogP contribution in [0.25, 0.3) is 11.5 Å². The van der Waals surface area contributed by atoms with Crippen LogP contribution >= 0.6 is 11.3 Å². The first kappa shape index (κ1) is 16.9. The Bertz CT molecular complexity index is 580. The zero-order chi connectivity index (χ0) is 15.8. The molecule has 0 atom stereocenters. The number of anilines is 1. The van der Waals surface area contributed by atoms with Gasteiger partial charge in [0.1, 0.15) is 11.5 Å². The Morgan fingerprint density at radius 1 is 1.00 bits per heavy atom. The SMILES string of the molecule is CCCCCCCCNc1cc(C)nc(-c2csc(C)n2)n1. The zero-order valence-corrected chi connectivity index (χ0v) is 14.7. The van der Waals surface area contributed by atoms with Crippen LogP contribution in [-0.2, 0) is 0 Å². The van der Waals surface area contributed by atoms with E-state index in [2.05, 4.69) is 27.2 Å². The van der Waals surface area contributed by atoms with E-state index in [1.54, 1.807) is 11.3 Å². The van der Waals surface area contributed by atoms with Crippen LogP contribution < -0.4 is 5.32 Å². The Labute approximate surface area is 137 Å². The molecule has 0 aliphatic rings. The molecule has 0 fully saturated rings. The summed E-state index contributed by atoms with van der Waals surface area (Å²) >= 11 is 1.63. The van der Waals surface area contributed by atoms with Crippen molar-refractivity contribution in [2.24, 2.45) is 0 Å². The van der Waals surface area contributed by atoms with Gasteiger partial charge in [0.2, 0.25) is 0 Å². The van der Waals surface area contributed by atoms with Gasteiger partial charge >= 0.3 is 0 Å². The molecule has 5 heteroatoms. The standard InChI is InChI=1S/C17H26N4S/c1-4-5-6-7-8-9-10-18-16-11-13(2)19-17(21-16)15-12-22-14(3)20-15/h11-12H,4-10H2,1-3H3,(H,18,19,21). The third kappa shape index (κ3) is 5.37. The fraction of sp³-hybridized carbons (Fsp3) is 0.588. The normalized spacial score (nSPS) is 10.9. The van der Waals surface area contributed by atoms with E-state index in [4.69, 9.17) is 0 Å². The second-order valence-corrected chi connectivity index (χ2v) is 6.73. The second-order valence-electron chi connectivity index (χ2n) is 5.66. The number of nitrogens with zero attached hydrogens (tertiary/aromatic N) is 3. The molecule has 0 saturated heterocycles. The lowest BCUT2D eigenvalue weighted by Crippen LogP contribution is -2.05. The molecule has 2 rings (SSSR count). The maximum absolute atomic E-state index is 4.59. The Morgan fingerprint density at radius 3 is 2.50 bits per heavy atom. The van der Waals surface area contributed by atoms with Crippen molar-refractivity contribution < 1.29 is 0 Å². The monoisotopic (exact) mass is 318 g/mol. The van der Waals surface area contributed by atoms with Crippen LogP contribution in [-0.4, -0.2) is 21.5 Å². The molecule has 0 unspecified atom stereocenters. The van der Waals surface area contributed by atoms with Crippen molar-refractivity contribution in [1.82, 2.24) is 15.0 Å². The molecule has 0 aliphatic carbocycles. The molecular weight excluding hydrogens is 292 g/mol. The molecule has 0 amide bonds. The fourth-order valence-corrected chi connectivity index (χ4v) is 2.95. The Kier molecular flexibility index (Phi) is 6.77. The number of hydrogen-bond acceptors (Lipinski definition) is 5.